The molecule has 2 aliphatic rings. The summed E-state index contributed by atoms with van der Waals surface area (Å²) >= 11 is 0. The van der Waals surface area contributed by atoms with Crippen LogP contribution >= 0.6 is 0 Å². The highest BCUT2D eigenvalue weighted by Gasteiger charge is 2.33. The Balaban J connectivity index is 2.28. The maximum atomic E-state index is 14.1. The number of hydrogen-bond donors (Lipinski definition) is 4. The van der Waals surface area contributed by atoms with Crippen molar-refractivity contribution in [1.82, 2.24) is 5.32 Å². The van der Waals surface area contributed by atoms with Gasteiger partial charge in [-0.05, 0) is 38.8 Å². The quantitative estimate of drug-likeness (QED) is 0.0817. The Bertz CT molecular complexity index is 2030. The van der Waals surface area contributed by atoms with E-state index in [0.29, 0.717) is 0 Å². The molecule has 11 heteroatoms. The lowest BCUT2D eigenvalue weighted by Gasteiger charge is -2.22. The average molecular weight is 590 g/mol. The summed E-state index contributed by atoms with van der Waals surface area (Å²) in [5, 5.41) is 36.7. The predicted molar refractivity (Wildman–Crippen MR) is 161 cm³/mol. The van der Waals surface area contributed by atoms with Gasteiger partial charge in [-0.15, -0.1) is 0 Å². The highest BCUT2D eigenvalue weighted by Crippen LogP contribution is 2.51. The summed E-state index contributed by atoms with van der Waals surface area (Å²) in [6.07, 6.45) is 0.0597. The molecular formula is C32H31NO10. The Hall–Kier alpha value is -4.90. The fraction of sp³-hybridized carbons (Fsp3) is 0.312. The zero-order valence-corrected chi connectivity index (χ0v) is 24.7. The predicted octanol–water partition coefficient (Wildman–Crippen LogP) is 2.85. The molecule has 0 saturated heterocycles. The Morgan fingerprint density at radius 2 is 1.40 bits per heavy atom. The third-order valence-corrected chi connectivity index (χ3v) is 7.71. The number of benzene rings is 4. The number of aromatic hydroxyl groups is 3. The molecular weight excluding hydrogens is 558 g/mol. The van der Waals surface area contributed by atoms with Crippen molar-refractivity contribution in [2.45, 2.75) is 53.4 Å². The number of likely N-dealkylation sites (N-methyl/N-ethyl adjacent to an activating group) is 1. The van der Waals surface area contributed by atoms with Crippen molar-refractivity contribution < 1.29 is 29.6 Å². The summed E-state index contributed by atoms with van der Waals surface area (Å²) < 4.78 is 5.31. The normalized spacial score (nSPS) is 11.7. The van der Waals surface area contributed by atoms with Crippen LogP contribution in [0.1, 0.15) is 72.1 Å². The summed E-state index contributed by atoms with van der Waals surface area (Å²) in [5.74, 6) is -3.60. The molecule has 224 valence electrons. The highest BCUT2D eigenvalue weighted by atomic mass is 16.5. The lowest BCUT2D eigenvalue weighted by atomic mass is 9.81. The van der Waals surface area contributed by atoms with E-state index in [0.717, 1.165) is 6.07 Å². The first-order valence-corrected chi connectivity index (χ1v) is 13.5. The highest BCUT2D eigenvalue weighted by molar-refractivity contribution is 6.06. The Morgan fingerprint density at radius 1 is 0.791 bits per heavy atom. The Kier molecular flexibility index (Phi) is 7.99. The molecule has 2 aliphatic carbocycles. The third-order valence-electron chi connectivity index (χ3n) is 7.71. The maximum Gasteiger partial charge on any atom is 0.325 e. The fourth-order valence-electron chi connectivity index (χ4n) is 5.75. The second-order valence-electron chi connectivity index (χ2n) is 11.1. The average Bonchev–Trinajstić information content (AvgIpc) is 2.93. The molecule has 0 fully saturated rings. The first kappa shape index (κ1) is 31.0. The van der Waals surface area contributed by atoms with Gasteiger partial charge in [0.1, 0.15) is 11.5 Å². The molecule has 0 atom stereocenters. The van der Waals surface area contributed by atoms with Crippen molar-refractivity contribution in [3.63, 3.8) is 0 Å². The molecule has 0 amide bonds. The lowest BCUT2D eigenvalue weighted by molar-refractivity contribution is -0.133. The number of fused-ring (bicyclic) bond motifs is 2. The number of phenols is 3. The number of aldehydes is 1. The molecule has 0 radical (unpaired) electrons. The van der Waals surface area contributed by atoms with Crippen molar-refractivity contribution in [1.29, 1.82) is 0 Å². The van der Waals surface area contributed by atoms with Crippen molar-refractivity contribution in [2.75, 3.05) is 13.6 Å². The zero-order chi connectivity index (χ0) is 32.2. The van der Waals surface area contributed by atoms with Crippen LogP contribution in [0.4, 0.5) is 0 Å². The van der Waals surface area contributed by atoms with Crippen LogP contribution in [0.2, 0.25) is 0 Å². The van der Waals surface area contributed by atoms with Gasteiger partial charge in [0.05, 0.1) is 12.1 Å². The van der Waals surface area contributed by atoms with Gasteiger partial charge in [0.15, 0.2) is 28.6 Å². The van der Waals surface area contributed by atoms with Crippen LogP contribution in [0.25, 0.3) is 33.0 Å². The van der Waals surface area contributed by atoms with Crippen molar-refractivity contribution in [2.24, 2.45) is 0 Å². The molecule has 0 heterocycles. The Labute approximate surface area is 245 Å². The molecule has 0 saturated carbocycles. The second-order valence-corrected chi connectivity index (χ2v) is 11.1. The van der Waals surface area contributed by atoms with E-state index in [1.165, 1.54) is 20.9 Å². The number of hydrogen-bond acceptors (Lipinski definition) is 11. The summed E-state index contributed by atoms with van der Waals surface area (Å²) in [7, 11) is 1.52. The van der Waals surface area contributed by atoms with E-state index in [9.17, 15) is 44.1 Å². The smallest absolute Gasteiger partial charge is 0.325 e. The third kappa shape index (κ3) is 4.56. The van der Waals surface area contributed by atoms with Gasteiger partial charge in [0.2, 0.25) is 10.9 Å². The van der Waals surface area contributed by atoms with E-state index >= 15 is 0 Å². The van der Waals surface area contributed by atoms with Crippen LogP contribution in [0.15, 0.2) is 25.2 Å². The number of nitrogens with one attached hydrogen (secondary N) is 1. The van der Waals surface area contributed by atoms with Crippen molar-refractivity contribution in [3.8, 4) is 45.3 Å². The minimum atomic E-state index is -1.22. The van der Waals surface area contributed by atoms with Crippen molar-refractivity contribution >= 4 is 23.0 Å². The van der Waals surface area contributed by atoms with Gasteiger partial charge >= 0.3 is 5.97 Å². The number of rotatable bonds is 7. The van der Waals surface area contributed by atoms with Crippen LogP contribution in [-0.2, 0) is 4.79 Å². The molecule has 4 N–H and O–H groups in total. The summed E-state index contributed by atoms with van der Waals surface area (Å²) in [4.78, 5) is 77.9. The van der Waals surface area contributed by atoms with Crippen LogP contribution in [0, 0.1) is 13.8 Å². The standard InChI is InChI=1S/C32H31NO10/c1-11(2)19-23-15(8-17(30(19)40)43-18(35)9-33-7)28(38)21(13(5)26(23)36)22-14(6)27(37)25-20(12(3)4)32(42)29(39)16(10-34)24(25)31(22)41/h8,10-12,33,36,38,40H,9H2,1-7H3. The van der Waals surface area contributed by atoms with Gasteiger partial charge in [-0.2, -0.15) is 0 Å². The van der Waals surface area contributed by atoms with E-state index in [1.807, 2.05) is 0 Å². The van der Waals surface area contributed by atoms with Gasteiger partial charge in [-0.1, -0.05) is 27.7 Å². The summed E-state index contributed by atoms with van der Waals surface area (Å²) in [6.45, 7) is 9.06. The number of esters is 1. The molecule has 0 bridgehead atoms. The number of carbonyl (C=O) groups is 2. The van der Waals surface area contributed by atoms with E-state index in [-0.39, 0.29) is 68.3 Å². The second kappa shape index (κ2) is 11.1. The van der Waals surface area contributed by atoms with Crippen molar-refractivity contribution in [3.05, 3.63) is 74.8 Å². The van der Waals surface area contributed by atoms with Crippen LogP contribution in [-0.4, -0.2) is 41.2 Å². The van der Waals surface area contributed by atoms with Gasteiger partial charge in [-0.25, -0.2) is 0 Å². The number of ether oxygens (including phenoxy) is 1. The molecule has 0 unspecified atom stereocenters. The Morgan fingerprint density at radius 3 is 1.93 bits per heavy atom. The summed E-state index contributed by atoms with van der Waals surface area (Å²) in [6, 6.07) is 1.13. The fourth-order valence-corrected chi connectivity index (χ4v) is 5.75. The van der Waals surface area contributed by atoms with Gasteiger partial charge < -0.3 is 25.4 Å². The minimum Gasteiger partial charge on any atom is -0.507 e. The maximum absolute atomic E-state index is 14.1. The number of phenolic OH excluding ortho intramolecular Hbond substituents is 3. The topological polar surface area (TPSA) is 184 Å². The molecule has 2 aromatic rings. The molecule has 43 heavy (non-hydrogen) atoms. The van der Waals surface area contributed by atoms with Crippen LogP contribution in [0.3, 0.4) is 0 Å². The van der Waals surface area contributed by atoms with E-state index in [4.69, 9.17) is 4.74 Å². The van der Waals surface area contributed by atoms with Gasteiger partial charge in [-0.3, -0.25) is 28.8 Å². The molecule has 0 aliphatic heterocycles. The summed E-state index contributed by atoms with van der Waals surface area (Å²) in [5.41, 5.74) is -6.55. The molecule has 4 rings (SSSR count). The number of carbonyl (C=O) groups excluding carboxylic acids is 2. The zero-order valence-electron chi connectivity index (χ0n) is 24.7. The first-order valence-electron chi connectivity index (χ1n) is 13.5. The van der Waals surface area contributed by atoms with E-state index in [1.54, 1.807) is 27.7 Å². The molecule has 0 aromatic heterocycles. The van der Waals surface area contributed by atoms with E-state index < -0.39 is 67.9 Å². The SMILES string of the molecule is CNCC(=O)Oc1cc2c(O)c(-c3c(C)c(=O)c4c(C(C)C)c(=O)c(=O)c(C=O)c-4c3=O)c(C)c(O)c2c(C(C)C)c1O. The lowest BCUT2D eigenvalue weighted by Crippen LogP contribution is -2.38. The monoisotopic (exact) mass is 589 g/mol. The minimum absolute atomic E-state index is 0.0291. The first-order chi connectivity index (χ1) is 20.1. The molecule has 11 nitrogen and oxygen atoms in total. The molecule has 2 aromatic carbocycles. The van der Waals surface area contributed by atoms with Crippen LogP contribution < -0.4 is 31.8 Å². The van der Waals surface area contributed by atoms with E-state index in [2.05, 4.69) is 5.32 Å². The largest absolute Gasteiger partial charge is 0.507 e. The van der Waals surface area contributed by atoms with Gasteiger partial charge in [0.25, 0.3) is 0 Å². The molecule has 0 spiro atoms. The van der Waals surface area contributed by atoms with Gasteiger partial charge in [0, 0.05) is 55.3 Å². The van der Waals surface area contributed by atoms with Crippen LogP contribution in [0.5, 0.6) is 23.0 Å².